The first kappa shape index (κ1) is 23.8. The fourth-order valence-electron chi connectivity index (χ4n) is 3.98. The van der Waals surface area contributed by atoms with Gasteiger partial charge >= 0.3 is 0 Å². The van der Waals surface area contributed by atoms with E-state index in [0.29, 0.717) is 24.5 Å². The van der Waals surface area contributed by atoms with Crippen LogP contribution in [0.25, 0.3) is 21.7 Å². The van der Waals surface area contributed by atoms with Crippen molar-refractivity contribution in [2.75, 3.05) is 17.9 Å². The number of thiazole rings is 1. The first-order valence-corrected chi connectivity index (χ1v) is 12.8. The molecule has 1 N–H and O–H groups in total. The summed E-state index contributed by atoms with van der Waals surface area (Å²) >= 11 is 2.39. The summed E-state index contributed by atoms with van der Waals surface area (Å²) in [6, 6.07) is 12.0. The Morgan fingerprint density at radius 1 is 1.06 bits per heavy atom. The largest absolute Gasteiger partial charge is 0.381 e. The summed E-state index contributed by atoms with van der Waals surface area (Å²) in [5, 5.41) is 0.960. The number of rotatable bonds is 6. The molecule has 180 valence electrons. The van der Waals surface area contributed by atoms with Gasteiger partial charge in [0.1, 0.15) is 11.6 Å². The lowest BCUT2D eigenvalue weighted by atomic mass is 10.0. The van der Waals surface area contributed by atoms with Gasteiger partial charge in [0.2, 0.25) is 0 Å². The van der Waals surface area contributed by atoms with Crippen LogP contribution in [0.15, 0.2) is 59.6 Å². The lowest BCUT2D eigenvalue weighted by Crippen LogP contribution is -2.13. The number of aryl methyl sites for hydroxylation is 1. The van der Waals surface area contributed by atoms with Crippen molar-refractivity contribution in [2.24, 2.45) is 0 Å². The predicted molar refractivity (Wildman–Crippen MR) is 134 cm³/mol. The van der Waals surface area contributed by atoms with Crippen molar-refractivity contribution in [3.05, 3.63) is 82.9 Å². The van der Waals surface area contributed by atoms with E-state index in [2.05, 4.69) is 9.71 Å². The maximum atomic E-state index is 15.8. The summed E-state index contributed by atoms with van der Waals surface area (Å²) in [6.07, 6.45) is 3.49. The predicted octanol–water partition coefficient (Wildman–Crippen LogP) is 7.61. The lowest BCUT2D eigenvalue weighted by molar-refractivity contribution is 0.0853. The molecule has 1 saturated heterocycles. The van der Waals surface area contributed by atoms with Gasteiger partial charge in [0, 0.05) is 36.6 Å². The van der Waals surface area contributed by atoms with E-state index in [4.69, 9.17) is 9.72 Å². The van der Waals surface area contributed by atoms with Crippen molar-refractivity contribution in [3.63, 3.8) is 0 Å². The fourth-order valence-corrected chi connectivity index (χ4v) is 5.94. The summed E-state index contributed by atoms with van der Waals surface area (Å²) in [4.78, 5) is 10.1. The number of nitrogens with one attached hydrogen (secondary N) is 1. The first-order chi connectivity index (χ1) is 17.0. The van der Waals surface area contributed by atoms with E-state index in [1.54, 1.807) is 35.7 Å². The normalized spacial score (nSPS) is 14.3. The van der Waals surface area contributed by atoms with Gasteiger partial charge in [-0.2, -0.15) is 0 Å². The molecule has 1 aliphatic rings. The van der Waals surface area contributed by atoms with Gasteiger partial charge < -0.3 is 9.46 Å². The molecule has 0 spiro atoms. The summed E-state index contributed by atoms with van der Waals surface area (Å²) in [5.74, 6) is -1.39. The minimum Gasteiger partial charge on any atom is -0.381 e. The maximum absolute atomic E-state index is 15.8. The zero-order chi connectivity index (χ0) is 24.4. The molecule has 0 aliphatic carbocycles. The van der Waals surface area contributed by atoms with Gasteiger partial charge in [0.05, 0.1) is 26.2 Å². The minimum absolute atomic E-state index is 0.0400. The highest BCUT2D eigenvalue weighted by molar-refractivity contribution is 8.00. The molecule has 1 aliphatic heterocycles. The molecule has 0 radical (unpaired) electrons. The van der Waals surface area contributed by atoms with Gasteiger partial charge in [-0.3, -0.25) is 4.98 Å². The monoisotopic (exact) mass is 513 g/mol. The Morgan fingerprint density at radius 2 is 1.89 bits per heavy atom. The van der Waals surface area contributed by atoms with Crippen LogP contribution in [0.5, 0.6) is 0 Å². The van der Waals surface area contributed by atoms with E-state index in [1.165, 1.54) is 0 Å². The summed E-state index contributed by atoms with van der Waals surface area (Å²) in [7, 11) is 0. The SMILES string of the molecule is Cc1cc(-c2sc(C3CCOCC3)nc2-c2cccc(NSc3cc(F)ccc3F)c2F)ccn1. The number of ether oxygens (including phenoxy) is 1. The zero-order valence-corrected chi connectivity index (χ0v) is 20.5. The third kappa shape index (κ3) is 5.22. The van der Waals surface area contributed by atoms with Crippen molar-refractivity contribution < 1.29 is 17.9 Å². The molecule has 0 atom stereocenters. The number of anilines is 1. The molecule has 0 amide bonds. The van der Waals surface area contributed by atoms with Gasteiger partial charge in [0.25, 0.3) is 0 Å². The Balaban J connectivity index is 1.53. The number of aromatic nitrogens is 2. The second-order valence-corrected chi connectivity index (χ2v) is 10.1. The third-order valence-corrected chi connectivity index (χ3v) is 7.91. The molecule has 5 rings (SSSR count). The van der Waals surface area contributed by atoms with Crippen molar-refractivity contribution in [1.82, 2.24) is 9.97 Å². The number of pyridine rings is 1. The standard InChI is InChI=1S/C26H22F3N3OS2/c1-15-13-17(7-10-30-15)25-24(31-26(34-25)16-8-11-33-12-9-16)19-3-2-4-21(23(19)29)32-35-22-14-18(27)5-6-20(22)28/h2-7,10,13-14,16,32H,8-9,11-12H2,1H3. The van der Waals surface area contributed by atoms with Crippen molar-refractivity contribution in [1.29, 1.82) is 0 Å². The molecule has 9 heteroatoms. The van der Waals surface area contributed by atoms with Crippen molar-refractivity contribution in [3.8, 4) is 21.7 Å². The van der Waals surface area contributed by atoms with Crippen LogP contribution in [0.4, 0.5) is 18.9 Å². The Hall–Kier alpha value is -2.88. The Kier molecular flexibility index (Phi) is 7.08. The van der Waals surface area contributed by atoms with Crippen LogP contribution < -0.4 is 4.72 Å². The summed E-state index contributed by atoms with van der Waals surface area (Å²) in [5.41, 5.74) is 2.85. The molecule has 0 unspecified atom stereocenters. The van der Waals surface area contributed by atoms with Gasteiger partial charge in [0.15, 0.2) is 5.82 Å². The Labute approximate surface area is 209 Å². The number of nitrogens with zero attached hydrogens (tertiary/aromatic N) is 2. The second-order valence-electron chi connectivity index (χ2n) is 8.25. The molecule has 0 saturated carbocycles. The average molecular weight is 514 g/mol. The molecule has 4 aromatic rings. The van der Waals surface area contributed by atoms with Crippen LogP contribution >= 0.6 is 23.3 Å². The van der Waals surface area contributed by atoms with Crippen LogP contribution in [-0.4, -0.2) is 23.2 Å². The quantitative estimate of drug-likeness (QED) is 0.269. The molecule has 35 heavy (non-hydrogen) atoms. The molecule has 4 nitrogen and oxygen atoms in total. The summed E-state index contributed by atoms with van der Waals surface area (Å²) in [6.45, 7) is 3.29. The molecule has 2 aromatic carbocycles. The van der Waals surface area contributed by atoms with Gasteiger partial charge in [-0.1, -0.05) is 6.07 Å². The van der Waals surface area contributed by atoms with Crippen LogP contribution in [0, 0.1) is 24.4 Å². The first-order valence-electron chi connectivity index (χ1n) is 11.2. The molecule has 3 heterocycles. The molecule has 0 bridgehead atoms. The van der Waals surface area contributed by atoms with Crippen molar-refractivity contribution in [2.45, 2.75) is 30.6 Å². The molecular weight excluding hydrogens is 491 g/mol. The zero-order valence-electron chi connectivity index (χ0n) is 18.9. The fraction of sp³-hybridized carbons (Fsp3) is 0.231. The van der Waals surface area contributed by atoms with Crippen LogP contribution in [0.3, 0.4) is 0 Å². The highest BCUT2D eigenvalue weighted by Gasteiger charge is 2.25. The van der Waals surface area contributed by atoms with E-state index in [1.807, 2.05) is 19.1 Å². The van der Waals surface area contributed by atoms with E-state index in [-0.39, 0.29) is 16.5 Å². The topological polar surface area (TPSA) is 47.0 Å². The molecule has 1 fully saturated rings. The Morgan fingerprint density at radius 3 is 2.69 bits per heavy atom. The smallest absolute Gasteiger partial charge is 0.156 e. The Bertz CT molecular complexity index is 1360. The van der Waals surface area contributed by atoms with Crippen LogP contribution in [0.2, 0.25) is 0 Å². The third-order valence-electron chi connectivity index (χ3n) is 5.79. The number of halogens is 3. The summed E-state index contributed by atoms with van der Waals surface area (Å²) < 4.78 is 51.6. The van der Waals surface area contributed by atoms with E-state index < -0.39 is 17.5 Å². The van der Waals surface area contributed by atoms with Crippen LogP contribution in [0.1, 0.15) is 29.5 Å². The van der Waals surface area contributed by atoms with E-state index >= 15 is 4.39 Å². The van der Waals surface area contributed by atoms with Crippen LogP contribution in [-0.2, 0) is 4.74 Å². The van der Waals surface area contributed by atoms with E-state index in [0.717, 1.165) is 64.1 Å². The average Bonchev–Trinajstić information content (AvgIpc) is 3.31. The number of benzene rings is 2. The highest BCUT2D eigenvalue weighted by atomic mass is 32.2. The van der Waals surface area contributed by atoms with Crippen molar-refractivity contribution >= 4 is 29.0 Å². The minimum atomic E-state index is -0.587. The lowest BCUT2D eigenvalue weighted by Gasteiger charge is -2.19. The highest BCUT2D eigenvalue weighted by Crippen LogP contribution is 2.43. The van der Waals surface area contributed by atoms with E-state index in [9.17, 15) is 8.78 Å². The molecular formula is C26H22F3N3OS2. The second kappa shape index (κ2) is 10.4. The van der Waals surface area contributed by atoms with Gasteiger partial charge in [-0.25, -0.2) is 18.2 Å². The number of hydrogen-bond donors (Lipinski definition) is 1. The number of hydrogen-bond acceptors (Lipinski definition) is 6. The molecule has 2 aromatic heterocycles. The van der Waals surface area contributed by atoms with Gasteiger partial charge in [-0.05, 0) is 79.7 Å². The van der Waals surface area contributed by atoms with Gasteiger partial charge in [-0.15, -0.1) is 11.3 Å². The maximum Gasteiger partial charge on any atom is 0.156 e.